The Hall–Kier alpha value is -3.76. The largest absolute Gasteiger partial charge is 0.497 e. The first-order valence-corrected chi connectivity index (χ1v) is 15.7. The molecule has 0 aromatic heterocycles. The number of nitrogens with zero attached hydrogens (tertiary/aromatic N) is 2. The van der Waals surface area contributed by atoms with Crippen LogP contribution in [0.2, 0.25) is 5.02 Å². The summed E-state index contributed by atoms with van der Waals surface area (Å²) in [6.45, 7) is 5.78. The quantitative estimate of drug-likeness (QED) is 0.250. The number of benzene rings is 3. The van der Waals surface area contributed by atoms with Gasteiger partial charge < -0.3 is 19.7 Å². The molecular weight excluding hydrogens is 578 g/mol. The highest BCUT2D eigenvalue weighted by atomic mass is 35.5. The van der Waals surface area contributed by atoms with E-state index in [1.807, 2.05) is 19.9 Å². The van der Waals surface area contributed by atoms with Crippen LogP contribution < -0.4 is 19.1 Å². The van der Waals surface area contributed by atoms with E-state index >= 15 is 0 Å². The average molecular weight is 616 g/mol. The maximum absolute atomic E-state index is 14.2. The molecule has 0 unspecified atom stereocenters. The number of carbonyl (C=O) groups excluding carboxylic acids is 2. The van der Waals surface area contributed by atoms with E-state index in [9.17, 15) is 18.0 Å². The predicted octanol–water partition coefficient (Wildman–Crippen LogP) is 5.28. The second-order valence-corrected chi connectivity index (χ2v) is 11.8. The van der Waals surface area contributed by atoms with Crippen molar-refractivity contribution in [1.82, 2.24) is 10.2 Å². The van der Waals surface area contributed by atoms with Crippen LogP contribution in [0.15, 0.2) is 77.7 Å². The molecule has 0 fully saturated rings. The van der Waals surface area contributed by atoms with Crippen molar-refractivity contribution in [3.8, 4) is 11.5 Å². The van der Waals surface area contributed by atoms with Crippen molar-refractivity contribution >= 4 is 39.1 Å². The Balaban J connectivity index is 2.11. The molecule has 0 spiro atoms. The van der Waals surface area contributed by atoms with Gasteiger partial charge in [0.05, 0.1) is 24.3 Å². The number of anilines is 1. The van der Waals surface area contributed by atoms with Crippen LogP contribution in [0, 0.1) is 0 Å². The zero-order valence-corrected chi connectivity index (χ0v) is 26.0. The lowest BCUT2D eigenvalue weighted by Gasteiger charge is -2.33. The lowest BCUT2D eigenvalue weighted by molar-refractivity contribution is -0.140. The molecule has 0 saturated carbocycles. The van der Waals surface area contributed by atoms with Gasteiger partial charge in [0.15, 0.2) is 0 Å². The SMILES string of the molecule is CCCNC(=O)[C@H](CC)N(Cc1cccc(OC)c1)C(=O)CN(c1ccccc1OCC)S(=O)(=O)c1ccc(Cl)cc1. The summed E-state index contributed by atoms with van der Waals surface area (Å²) in [5.41, 5.74) is 0.929. The lowest BCUT2D eigenvalue weighted by Crippen LogP contribution is -2.52. The van der Waals surface area contributed by atoms with Crippen molar-refractivity contribution in [2.24, 2.45) is 0 Å². The Labute approximate surface area is 253 Å². The number of halogens is 1. The van der Waals surface area contributed by atoms with E-state index in [0.717, 1.165) is 16.3 Å². The van der Waals surface area contributed by atoms with Gasteiger partial charge in [0.25, 0.3) is 10.0 Å². The summed E-state index contributed by atoms with van der Waals surface area (Å²) < 4.78 is 40.3. The first-order chi connectivity index (χ1) is 20.2. The van der Waals surface area contributed by atoms with Gasteiger partial charge in [-0.2, -0.15) is 0 Å². The highest BCUT2D eigenvalue weighted by molar-refractivity contribution is 7.92. The van der Waals surface area contributed by atoms with E-state index < -0.39 is 28.5 Å². The summed E-state index contributed by atoms with van der Waals surface area (Å²) in [5, 5.41) is 3.25. The van der Waals surface area contributed by atoms with Gasteiger partial charge in [0.2, 0.25) is 11.8 Å². The summed E-state index contributed by atoms with van der Waals surface area (Å²) in [5.74, 6) is 0.0379. The van der Waals surface area contributed by atoms with Crippen LogP contribution in [0.5, 0.6) is 11.5 Å². The topological polar surface area (TPSA) is 105 Å². The number of hydrogen-bond donors (Lipinski definition) is 1. The van der Waals surface area contributed by atoms with Crippen molar-refractivity contribution in [3.63, 3.8) is 0 Å². The molecule has 42 heavy (non-hydrogen) atoms. The van der Waals surface area contributed by atoms with Gasteiger partial charge in [-0.15, -0.1) is 0 Å². The molecule has 0 radical (unpaired) electrons. The molecule has 3 aromatic rings. The zero-order chi connectivity index (χ0) is 30.7. The van der Waals surface area contributed by atoms with Gasteiger partial charge in [-0.05, 0) is 73.9 Å². The third-order valence-corrected chi connectivity index (χ3v) is 8.56. The third-order valence-electron chi connectivity index (χ3n) is 6.54. The molecule has 3 rings (SSSR count). The summed E-state index contributed by atoms with van der Waals surface area (Å²) in [4.78, 5) is 28.8. The molecule has 226 valence electrons. The number of hydrogen-bond acceptors (Lipinski definition) is 6. The van der Waals surface area contributed by atoms with Crippen LogP contribution in [0.3, 0.4) is 0 Å². The van der Waals surface area contributed by atoms with Crippen LogP contribution in [0.25, 0.3) is 0 Å². The summed E-state index contributed by atoms with van der Waals surface area (Å²) in [6, 6.07) is 18.7. The van der Waals surface area contributed by atoms with Gasteiger partial charge in [-0.3, -0.25) is 13.9 Å². The summed E-state index contributed by atoms with van der Waals surface area (Å²) in [7, 11) is -2.72. The van der Waals surface area contributed by atoms with Crippen LogP contribution in [0.4, 0.5) is 5.69 Å². The second-order valence-electron chi connectivity index (χ2n) is 9.45. The van der Waals surface area contributed by atoms with Crippen molar-refractivity contribution in [2.45, 2.75) is 51.1 Å². The van der Waals surface area contributed by atoms with Crippen molar-refractivity contribution < 1.29 is 27.5 Å². The van der Waals surface area contributed by atoms with E-state index in [2.05, 4.69) is 5.32 Å². The number of methoxy groups -OCH3 is 1. The summed E-state index contributed by atoms with van der Waals surface area (Å²) >= 11 is 6.03. The van der Waals surface area contributed by atoms with E-state index in [0.29, 0.717) is 29.5 Å². The smallest absolute Gasteiger partial charge is 0.264 e. The Kier molecular flexibility index (Phi) is 12.1. The number of rotatable bonds is 15. The molecule has 2 amide bonds. The van der Waals surface area contributed by atoms with E-state index in [-0.39, 0.29) is 29.6 Å². The maximum Gasteiger partial charge on any atom is 0.264 e. The van der Waals surface area contributed by atoms with Crippen molar-refractivity contribution in [3.05, 3.63) is 83.4 Å². The molecular formula is C31H38ClN3O6S. The Morgan fingerprint density at radius 3 is 2.33 bits per heavy atom. The minimum Gasteiger partial charge on any atom is -0.497 e. The highest BCUT2D eigenvalue weighted by Crippen LogP contribution is 2.33. The molecule has 0 heterocycles. The normalized spacial score (nSPS) is 11.8. The lowest BCUT2D eigenvalue weighted by atomic mass is 10.1. The fraction of sp³-hybridized carbons (Fsp3) is 0.355. The highest BCUT2D eigenvalue weighted by Gasteiger charge is 2.34. The fourth-order valence-corrected chi connectivity index (χ4v) is 5.99. The van der Waals surface area contributed by atoms with Crippen LogP contribution >= 0.6 is 11.6 Å². The van der Waals surface area contributed by atoms with Gasteiger partial charge >= 0.3 is 0 Å². The molecule has 3 aromatic carbocycles. The first kappa shape index (κ1) is 32.8. The van der Waals surface area contributed by atoms with Crippen molar-refractivity contribution in [2.75, 3.05) is 31.1 Å². The van der Waals surface area contributed by atoms with Crippen molar-refractivity contribution in [1.29, 1.82) is 0 Å². The molecule has 11 heteroatoms. The van der Waals surface area contributed by atoms with Gasteiger partial charge in [0.1, 0.15) is 24.1 Å². The number of ether oxygens (including phenoxy) is 2. The Bertz CT molecular complexity index is 1450. The zero-order valence-electron chi connectivity index (χ0n) is 24.4. The van der Waals surface area contributed by atoms with Crippen LogP contribution in [0.1, 0.15) is 39.2 Å². The minimum atomic E-state index is -4.26. The van der Waals surface area contributed by atoms with E-state index in [1.54, 1.807) is 56.5 Å². The van der Waals surface area contributed by atoms with E-state index in [1.165, 1.54) is 29.2 Å². The minimum absolute atomic E-state index is 0.0434. The number of sulfonamides is 1. The average Bonchev–Trinajstić information content (AvgIpc) is 2.99. The second kappa shape index (κ2) is 15.5. The molecule has 9 nitrogen and oxygen atoms in total. The fourth-order valence-electron chi connectivity index (χ4n) is 4.44. The predicted molar refractivity (Wildman–Crippen MR) is 165 cm³/mol. The monoisotopic (exact) mass is 615 g/mol. The molecule has 0 saturated heterocycles. The van der Waals surface area contributed by atoms with Gasteiger partial charge in [0, 0.05) is 18.1 Å². The standard InChI is InChI=1S/C31H38ClN3O6S/c1-5-19-33-31(37)27(6-2)34(21-23-11-10-12-25(20-23)40-4)30(36)22-35(28-13-8-9-14-29(28)41-7-3)42(38,39)26-17-15-24(32)16-18-26/h8-18,20,27H,5-7,19,21-22H2,1-4H3,(H,33,37)/t27-/m0/s1. The Morgan fingerprint density at radius 1 is 0.976 bits per heavy atom. The number of nitrogens with one attached hydrogen (secondary N) is 1. The number of carbonyl (C=O) groups is 2. The first-order valence-electron chi connectivity index (χ1n) is 13.9. The maximum atomic E-state index is 14.2. The summed E-state index contributed by atoms with van der Waals surface area (Å²) in [6.07, 6.45) is 1.05. The number of para-hydroxylation sites is 2. The molecule has 0 bridgehead atoms. The van der Waals surface area contributed by atoms with Crippen LogP contribution in [-0.2, 0) is 26.2 Å². The van der Waals surface area contributed by atoms with E-state index in [4.69, 9.17) is 21.1 Å². The molecule has 1 atom stereocenters. The third kappa shape index (κ3) is 8.17. The van der Waals surface area contributed by atoms with Gasteiger partial charge in [-0.25, -0.2) is 8.42 Å². The molecule has 0 aliphatic carbocycles. The van der Waals surface area contributed by atoms with Crippen LogP contribution in [-0.4, -0.2) is 58.0 Å². The number of amides is 2. The molecule has 1 N–H and O–H groups in total. The molecule has 0 aliphatic heterocycles. The molecule has 0 aliphatic rings. The van der Waals surface area contributed by atoms with Gasteiger partial charge in [-0.1, -0.05) is 49.7 Å². The Morgan fingerprint density at radius 2 is 1.69 bits per heavy atom.